The molecule has 5 heteroatoms. The van der Waals surface area contributed by atoms with Gasteiger partial charge in [0.05, 0.1) is 7.11 Å². The highest BCUT2D eigenvalue weighted by atomic mass is 16.5. The number of ether oxygens (including phenoxy) is 1. The summed E-state index contributed by atoms with van der Waals surface area (Å²) in [6.45, 7) is 3.83. The van der Waals surface area contributed by atoms with E-state index in [4.69, 9.17) is 4.74 Å². The molecule has 0 radical (unpaired) electrons. The summed E-state index contributed by atoms with van der Waals surface area (Å²) in [5.41, 5.74) is 1.82. The Hall–Kier alpha value is -2.56. The molecule has 0 spiro atoms. The molecule has 144 valence electrons. The number of amides is 1. The van der Waals surface area contributed by atoms with Gasteiger partial charge in [0, 0.05) is 30.9 Å². The topological polar surface area (TPSA) is 54.5 Å². The summed E-state index contributed by atoms with van der Waals surface area (Å²) in [5.74, 6) is 1.71. The van der Waals surface area contributed by atoms with E-state index < -0.39 is 0 Å². The first-order chi connectivity index (χ1) is 13.2. The van der Waals surface area contributed by atoms with Crippen molar-refractivity contribution in [2.75, 3.05) is 25.1 Å². The molecular weight excluding hydrogens is 338 g/mol. The molecular formula is C22H29N3O2. The number of hydrogen-bond acceptors (Lipinski definition) is 4. The Morgan fingerprint density at radius 3 is 3.00 bits per heavy atom. The summed E-state index contributed by atoms with van der Waals surface area (Å²) in [6, 6.07) is 12.2. The Morgan fingerprint density at radius 1 is 1.30 bits per heavy atom. The molecule has 3 rings (SSSR count). The summed E-state index contributed by atoms with van der Waals surface area (Å²) in [7, 11) is 1.66. The smallest absolute Gasteiger partial charge is 0.251 e. The van der Waals surface area contributed by atoms with Crippen LogP contribution in [0.3, 0.4) is 0 Å². The average molecular weight is 367 g/mol. The summed E-state index contributed by atoms with van der Waals surface area (Å²) in [4.78, 5) is 19.4. The van der Waals surface area contributed by atoms with Gasteiger partial charge in [0.2, 0.25) is 0 Å². The van der Waals surface area contributed by atoms with Gasteiger partial charge in [-0.15, -0.1) is 0 Å². The number of carbonyl (C=O) groups is 1. The number of methoxy groups -OCH3 is 1. The molecule has 1 atom stereocenters. The molecule has 1 saturated heterocycles. The van der Waals surface area contributed by atoms with Gasteiger partial charge in [-0.1, -0.05) is 19.1 Å². The van der Waals surface area contributed by atoms with E-state index >= 15 is 0 Å². The quantitative estimate of drug-likeness (QED) is 0.808. The zero-order valence-electron chi connectivity index (χ0n) is 16.3. The number of nitrogens with zero attached hydrogens (tertiary/aromatic N) is 2. The van der Waals surface area contributed by atoms with E-state index in [1.165, 1.54) is 19.3 Å². The lowest BCUT2D eigenvalue weighted by atomic mass is 10.00. The van der Waals surface area contributed by atoms with Crippen molar-refractivity contribution in [3.8, 4) is 5.75 Å². The number of anilines is 1. The zero-order valence-corrected chi connectivity index (χ0v) is 16.3. The predicted molar refractivity (Wildman–Crippen MR) is 109 cm³/mol. The van der Waals surface area contributed by atoms with E-state index in [1.54, 1.807) is 19.4 Å². The van der Waals surface area contributed by atoms with Crippen molar-refractivity contribution in [1.29, 1.82) is 0 Å². The van der Waals surface area contributed by atoms with Gasteiger partial charge in [-0.2, -0.15) is 0 Å². The fourth-order valence-corrected chi connectivity index (χ4v) is 3.69. The van der Waals surface area contributed by atoms with Crippen LogP contribution < -0.4 is 15.0 Å². The number of benzene rings is 1. The Bertz CT molecular complexity index is 763. The fraction of sp³-hybridized carbons (Fsp3) is 0.455. The van der Waals surface area contributed by atoms with Crippen LogP contribution >= 0.6 is 0 Å². The first kappa shape index (κ1) is 19.2. The van der Waals surface area contributed by atoms with E-state index in [0.717, 1.165) is 36.5 Å². The van der Waals surface area contributed by atoms with Crippen LogP contribution in [-0.2, 0) is 6.42 Å². The van der Waals surface area contributed by atoms with Crippen LogP contribution in [0.5, 0.6) is 5.75 Å². The minimum atomic E-state index is -0.0494. The van der Waals surface area contributed by atoms with Crippen LogP contribution in [0.25, 0.3) is 0 Å². The molecule has 1 amide bonds. The van der Waals surface area contributed by atoms with Gasteiger partial charge in [0.15, 0.2) is 0 Å². The second kappa shape index (κ2) is 9.40. The Labute approximate surface area is 161 Å². The molecule has 0 bridgehead atoms. The Morgan fingerprint density at radius 2 is 2.19 bits per heavy atom. The first-order valence-corrected chi connectivity index (χ1v) is 9.85. The highest BCUT2D eigenvalue weighted by molar-refractivity contribution is 5.94. The number of carbonyl (C=O) groups excluding carboxylic acids is 1. The molecule has 1 aliphatic rings. The van der Waals surface area contributed by atoms with Gasteiger partial charge in [0.25, 0.3) is 5.91 Å². The molecule has 1 N–H and O–H groups in total. The van der Waals surface area contributed by atoms with Gasteiger partial charge < -0.3 is 15.0 Å². The fourth-order valence-electron chi connectivity index (χ4n) is 3.69. The van der Waals surface area contributed by atoms with E-state index in [0.29, 0.717) is 18.2 Å². The lowest BCUT2D eigenvalue weighted by molar-refractivity contribution is 0.0954. The van der Waals surface area contributed by atoms with Crippen molar-refractivity contribution in [2.45, 2.75) is 45.1 Å². The Kier molecular flexibility index (Phi) is 6.69. The molecule has 1 fully saturated rings. The maximum Gasteiger partial charge on any atom is 0.251 e. The summed E-state index contributed by atoms with van der Waals surface area (Å²) >= 11 is 0. The minimum absolute atomic E-state index is 0.0494. The molecule has 2 aromatic rings. The molecule has 1 aromatic heterocycles. The Balaban J connectivity index is 1.59. The summed E-state index contributed by atoms with van der Waals surface area (Å²) < 4.78 is 5.24. The van der Waals surface area contributed by atoms with Crippen LogP contribution in [0.2, 0.25) is 0 Å². The van der Waals surface area contributed by atoms with Crippen LogP contribution in [-0.4, -0.2) is 37.1 Å². The SMILES string of the molecule is CCC1CCCCN1c1cc(C(=O)NCCc2cccc(OC)c2)ccn1. The van der Waals surface area contributed by atoms with Crippen LogP contribution in [0, 0.1) is 0 Å². The van der Waals surface area contributed by atoms with Crippen molar-refractivity contribution in [2.24, 2.45) is 0 Å². The number of aromatic nitrogens is 1. The van der Waals surface area contributed by atoms with Crippen LogP contribution in [0.15, 0.2) is 42.6 Å². The van der Waals surface area contributed by atoms with E-state index in [2.05, 4.69) is 22.1 Å². The second-order valence-electron chi connectivity index (χ2n) is 7.01. The van der Waals surface area contributed by atoms with E-state index in [1.807, 2.05) is 30.3 Å². The zero-order chi connectivity index (χ0) is 19.1. The summed E-state index contributed by atoms with van der Waals surface area (Å²) in [6.07, 6.45) is 7.29. The number of nitrogens with one attached hydrogen (secondary N) is 1. The first-order valence-electron chi connectivity index (χ1n) is 9.85. The number of rotatable bonds is 7. The number of piperidine rings is 1. The number of hydrogen-bond donors (Lipinski definition) is 1. The highest BCUT2D eigenvalue weighted by Crippen LogP contribution is 2.25. The maximum absolute atomic E-state index is 12.6. The lowest BCUT2D eigenvalue weighted by Gasteiger charge is -2.36. The van der Waals surface area contributed by atoms with Crippen molar-refractivity contribution < 1.29 is 9.53 Å². The molecule has 5 nitrogen and oxygen atoms in total. The third kappa shape index (κ3) is 5.00. The summed E-state index contributed by atoms with van der Waals surface area (Å²) in [5, 5.41) is 3.01. The third-order valence-electron chi connectivity index (χ3n) is 5.23. The van der Waals surface area contributed by atoms with Crippen molar-refractivity contribution >= 4 is 11.7 Å². The van der Waals surface area contributed by atoms with E-state index in [9.17, 15) is 4.79 Å². The molecule has 1 aromatic carbocycles. The minimum Gasteiger partial charge on any atom is -0.497 e. The van der Waals surface area contributed by atoms with Crippen LogP contribution in [0.1, 0.15) is 48.5 Å². The molecule has 1 aliphatic heterocycles. The van der Waals surface area contributed by atoms with Crippen LogP contribution in [0.4, 0.5) is 5.82 Å². The normalized spacial score (nSPS) is 16.8. The van der Waals surface area contributed by atoms with E-state index in [-0.39, 0.29) is 5.91 Å². The monoisotopic (exact) mass is 367 g/mol. The molecule has 0 saturated carbocycles. The van der Waals surface area contributed by atoms with Gasteiger partial charge >= 0.3 is 0 Å². The third-order valence-corrected chi connectivity index (χ3v) is 5.23. The maximum atomic E-state index is 12.6. The molecule has 1 unspecified atom stereocenters. The van der Waals surface area contributed by atoms with Gasteiger partial charge in [-0.05, 0) is 61.9 Å². The van der Waals surface area contributed by atoms with Gasteiger partial charge in [0.1, 0.15) is 11.6 Å². The average Bonchev–Trinajstić information content (AvgIpc) is 2.74. The van der Waals surface area contributed by atoms with Crippen molar-refractivity contribution in [1.82, 2.24) is 10.3 Å². The standard InChI is InChI=1S/C22H29N3O2/c1-3-19-8-4-5-14-25(19)21-16-18(11-13-23-21)22(26)24-12-10-17-7-6-9-20(15-17)27-2/h6-7,9,11,13,15-16,19H,3-5,8,10,12,14H2,1-2H3,(H,24,26). The lowest BCUT2D eigenvalue weighted by Crippen LogP contribution is -2.39. The molecule has 0 aliphatic carbocycles. The molecule has 2 heterocycles. The predicted octanol–water partition coefficient (Wildman–Crippen LogP) is 3.83. The van der Waals surface area contributed by atoms with Gasteiger partial charge in [-0.25, -0.2) is 4.98 Å². The second-order valence-corrected chi connectivity index (χ2v) is 7.01. The van der Waals surface area contributed by atoms with Crippen molar-refractivity contribution in [3.05, 3.63) is 53.7 Å². The van der Waals surface area contributed by atoms with Gasteiger partial charge in [-0.3, -0.25) is 4.79 Å². The largest absolute Gasteiger partial charge is 0.497 e. The van der Waals surface area contributed by atoms with Crippen molar-refractivity contribution in [3.63, 3.8) is 0 Å². The highest BCUT2D eigenvalue weighted by Gasteiger charge is 2.22. The number of pyridine rings is 1. The molecule has 27 heavy (non-hydrogen) atoms.